The lowest BCUT2D eigenvalue weighted by Gasteiger charge is -2.03. The average molecular weight is 334 g/mol. The van der Waals surface area contributed by atoms with Crippen LogP contribution in [0.3, 0.4) is 0 Å². The summed E-state index contributed by atoms with van der Waals surface area (Å²) in [5.41, 5.74) is 0.493. The summed E-state index contributed by atoms with van der Waals surface area (Å²) >= 11 is 3.29. The van der Waals surface area contributed by atoms with Gasteiger partial charge in [0.2, 0.25) is 0 Å². The van der Waals surface area contributed by atoms with Gasteiger partial charge in [-0.1, -0.05) is 22.0 Å². The summed E-state index contributed by atoms with van der Waals surface area (Å²) in [6, 6.07) is 3.48. The highest BCUT2D eigenvalue weighted by atomic mass is 79.9. The molecule has 0 saturated carbocycles. The number of pyridine rings is 1. The molecule has 0 radical (unpaired) electrons. The van der Waals surface area contributed by atoms with E-state index in [9.17, 15) is 13.2 Å². The van der Waals surface area contributed by atoms with E-state index in [-0.39, 0.29) is 5.82 Å². The summed E-state index contributed by atoms with van der Waals surface area (Å²) in [6.45, 7) is 2.17. The zero-order valence-corrected chi connectivity index (χ0v) is 11.7. The summed E-state index contributed by atoms with van der Waals surface area (Å²) in [5, 5.41) is 0.649. The van der Waals surface area contributed by atoms with Crippen molar-refractivity contribution in [3.8, 4) is 11.5 Å². The Morgan fingerprint density at radius 3 is 2.53 bits per heavy atom. The number of nitrogens with zero attached hydrogens (tertiary/aromatic N) is 3. The highest BCUT2D eigenvalue weighted by Gasteiger charge is 2.34. The Labute approximate surface area is 116 Å². The minimum atomic E-state index is -4.44. The first-order chi connectivity index (χ1) is 8.95. The van der Waals surface area contributed by atoms with Gasteiger partial charge >= 0.3 is 6.18 Å². The minimum absolute atomic E-state index is 0.232. The van der Waals surface area contributed by atoms with Gasteiger partial charge < -0.3 is 4.57 Å². The fraction of sp³-hybridized carbons (Fsp3) is 0.333. The second-order valence-electron chi connectivity index (χ2n) is 3.92. The third-order valence-electron chi connectivity index (χ3n) is 2.62. The van der Waals surface area contributed by atoms with E-state index in [1.54, 1.807) is 25.3 Å². The van der Waals surface area contributed by atoms with Crippen LogP contribution in [0.25, 0.3) is 11.5 Å². The van der Waals surface area contributed by atoms with Crippen LogP contribution in [0.5, 0.6) is 0 Å². The van der Waals surface area contributed by atoms with Crippen LogP contribution >= 0.6 is 15.9 Å². The summed E-state index contributed by atoms with van der Waals surface area (Å²) in [6.07, 6.45) is -1.81. The highest BCUT2D eigenvalue weighted by molar-refractivity contribution is 9.08. The first-order valence-corrected chi connectivity index (χ1v) is 6.73. The van der Waals surface area contributed by atoms with Crippen molar-refractivity contribution >= 4 is 15.9 Å². The fourth-order valence-corrected chi connectivity index (χ4v) is 1.97. The Hall–Kier alpha value is -1.37. The van der Waals surface area contributed by atoms with Crippen LogP contribution in [0.2, 0.25) is 0 Å². The van der Waals surface area contributed by atoms with Crippen LogP contribution in [0.4, 0.5) is 13.2 Å². The maximum Gasteiger partial charge on any atom is 0.434 e. The smallest absolute Gasteiger partial charge is 0.329 e. The Morgan fingerprint density at radius 2 is 2.05 bits per heavy atom. The molecule has 0 amide bonds. The van der Waals surface area contributed by atoms with E-state index >= 15 is 0 Å². The van der Waals surface area contributed by atoms with Crippen molar-refractivity contribution in [2.45, 2.75) is 25.0 Å². The van der Waals surface area contributed by atoms with Crippen molar-refractivity contribution < 1.29 is 13.2 Å². The van der Waals surface area contributed by atoms with E-state index in [1.165, 1.54) is 4.57 Å². The zero-order valence-electron chi connectivity index (χ0n) is 10.1. The molecule has 2 aromatic rings. The number of alkyl halides is 4. The highest BCUT2D eigenvalue weighted by Crippen LogP contribution is 2.30. The topological polar surface area (TPSA) is 30.7 Å². The Bertz CT molecular complexity index is 561. The van der Waals surface area contributed by atoms with Crippen molar-refractivity contribution in [1.29, 1.82) is 0 Å². The van der Waals surface area contributed by atoms with E-state index in [0.717, 1.165) is 11.8 Å². The Kier molecular flexibility index (Phi) is 3.93. The minimum Gasteiger partial charge on any atom is -0.329 e. The monoisotopic (exact) mass is 333 g/mol. The van der Waals surface area contributed by atoms with Gasteiger partial charge in [0.05, 0.1) is 0 Å². The van der Waals surface area contributed by atoms with Gasteiger partial charge in [-0.05, 0) is 18.6 Å². The van der Waals surface area contributed by atoms with E-state index in [2.05, 4.69) is 25.9 Å². The molecule has 2 heterocycles. The maximum atomic E-state index is 12.6. The van der Waals surface area contributed by atoms with Crippen LogP contribution in [0.1, 0.15) is 18.2 Å². The van der Waals surface area contributed by atoms with Crippen molar-refractivity contribution in [1.82, 2.24) is 14.5 Å². The molecule has 0 aromatic carbocycles. The molecule has 0 bridgehead atoms. The molecule has 2 aromatic heterocycles. The molecular formula is C12H11BrF3N3. The van der Waals surface area contributed by atoms with Crippen molar-refractivity contribution in [3.63, 3.8) is 0 Å². The Morgan fingerprint density at radius 1 is 1.32 bits per heavy atom. The molecule has 19 heavy (non-hydrogen) atoms. The van der Waals surface area contributed by atoms with E-state index in [0.29, 0.717) is 17.6 Å². The van der Waals surface area contributed by atoms with Crippen molar-refractivity contribution in [2.75, 3.05) is 0 Å². The van der Waals surface area contributed by atoms with Gasteiger partial charge in [-0.15, -0.1) is 0 Å². The molecule has 0 fully saturated rings. The van der Waals surface area contributed by atoms with Gasteiger partial charge in [-0.3, -0.25) is 4.98 Å². The van der Waals surface area contributed by atoms with Crippen LogP contribution in [-0.2, 0) is 18.1 Å². The summed E-state index contributed by atoms with van der Waals surface area (Å²) in [7, 11) is 0. The second-order valence-corrected chi connectivity index (χ2v) is 4.48. The largest absolute Gasteiger partial charge is 0.434 e. The van der Waals surface area contributed by atoms with E-state index in [4.69, 9.17) is 0 Å². The number of rotatable bonds is 3. The number of aryl methyl sites for hydroxylation is 1. The summed E-state index contributed by atoms with van der Waals surface area (Å²) in [5.74, 6) is 0.232. The first-order valence-electron chi connectivity index (χ1n) is 5.61. The van der Waals surface area contributed by atoms with Crippen LogP contribution in [-0.4, -0.2) is 14.5 Å². The first kappa shape index (κ1) is 14.0. The standard InChI is InChI=1S/C12H11BrF3N3/c1-2-19-7-10(12(14,15)16)18-11(19)9-4-3-8(5-13)6-17-9/h3-4,6-7H,2,5H2,1H3. The molecular weight excluding hydrogens is 323 g/mol. The molecule has 7 heteroatoms. The number of aromatic nitrogens is 3. The number of hydrogen-bond acceptors (Lipinski definition) is 2. The number of halogens is 4. The lowest BCUT2D eigenvalue weighted by atomic mass is 10.2. The van der Waals surface area contributed by atoms with Crippen LogP contribution in [0, 0.1) is 0 Å². The number of imidazole rings is 1. The van der Waals surface area contributed by atoms with Gasteiger partial charge in [-0.25, -0.2) is 4.98 Å². The third kappa shape index (κ3) is 2.97. The molecule has 0 spiro atoms. The summed E-state index contributed by atoms with van der Waals surface area (Å²) in [4.78, 5) is 7.78. The molecule has 102 valence electrons. The lowest BCUT2D eigenvalue weighted by molar-refractivity contribution is -0.140. The average Bonchev–Trinajstić information content (AvgIpc) is 2.83. The van der Waals surface area contributed by atoms with E-state index < -0.39 is 11.9 Å². The molecule has 0 aliphatic heterocycles. The predicted octanol–water partition coefficient (Wildman–Crippen LogP) is 3.88. The Balaban J connectivity index is 2.45. The predicted molar refractivity (Wildman–Crippen MR) is 68.8 cm³/mol. The molecule has 0 aliphatic rings. The molecule has 0 saturated heterocycles. The SMILES string of the molecule is CCn1cc(C(F)(F)F)nc1-c1ccc(CBr)cn1. The van der Waals surface area contributed by atoms with Gasteiger partial charge in [0.15, 0.2) is 11.5 Å². The zero-order chi connectivity index (χ0) is 14.0. The normalized spacial score (nSPS) is 11.8. The lowest BCUT2D eigenvalue weighted by Crippen LogP contribution is -2.05. The van der Waals surface area contributed by atoms with Crippen LogP contribution in [0.15, 0.2) is 24.5 Å². The fourth-order valence-electron chi connectivity index (χ4n) is 1.63. The van der Waals surface area contributed by atoms with Gasteiger partial charge in [0.25, 0.3) is 0 Å². The second kappa shape index (κ2) is 5.32. The quantitative estimate of drug-likeness (QED) is 0.798. The molecule has 0 unspecified atom stereocenters. The van der Waals surface area contributed by atoms with Crippen LogP contribution < -0.4 is 0 Å². The van der Waals surface area contributed by atoms with Crippen molar-refractivity contribution in [2.24, 2.45) is 0 Å². The van der Waals surface area contributed by atoms with E-state index in [1.807, 2.05) is 0 Å². The van der Waals surface area contributed by atoms with Gasteiger partial charge in [-0.2, -0.15) is 13.2 Å². The van der Waals surface area contributed by atoms with Crippen molar-refractivity contribution in [3.05, 3.63) is 35.8 Å². The molecule has 0 N–H and O–H groups in total. The number of hydrogen-bond donors (Lipinski definition) is 0. The molecule has 3 nitrogen and oxygen atoms in total. The molecule has 0 aliphatic carbocycles. The third-order valence-corrected chi connectivity index (χ3v) is 3.26. The molecule has 2 rings (SSSR count). The van der Waals surface area contributed by atoms with Gasteiger partial charge in [0, 0.05) is 24.3 Å². The van der Waals surface area contributed by atoms with Gasteiger partial charge in [0.1, 0.15) is 5.69 Å². The maximum absolute atomic E-state index is 12.6. The summed E-state index contributed by atoms with van der Waals surface area (Å²) < 4.78 is 39.4. The molecule has 0 atom stereocenters.